The summed E-state index contributed by atoms with van der Waals surface area (Å²) >= 11 is 6.14. The quantitative estimate of drug-likeness (QED) is 0.341. The molecule has 0 radical (unpaired) electrons. The summed E-state index contributed by atoms with van der Waals surface area (Å²) in [6.07, 6.45) is 0.839. The lowest BCUT2D eigenvalue weighted by atomic mass is 10.1. The van der Waals surface area contributed by atoms with Crippen LogP contribution in [0.1, 0.15) is 22.3 Å². The first-order chi connectivity index (χ1) is 17.6. The van der Waals surface area contributed by atoms with Crippen LogP contribution in [0.3, 0.4) is 0 Å². The normalized spacial score (nSPS) is 14.4. The molecule has 0 saturated carbocycles. The number of aromatic nitrogens is 4. The minimum absolute atomic E-state index is 0.0725. The Morgan fingerprint density at radius 3 is 2.56 bits per heavy atom. The summed E-state index contributed by atoms with van der Waals surface area (Å²) in [6.45, 7) is 4.76. The smallest absolute Gasteiger partial charge is 0.253 e. The zero-order chi connectivity index (χ0) is 24.6. The van der Waals surface area contributed by atoms with Crippen molar-refractivity contribution in [3.63, 3.8) is 0 Å². The maximum atomic E-state index is 13.2. The average molecular weight is 497 g/mol. The molecule has 2 aromatic heterocycles. The lowest BCUT2D eigenvalue weighted by Crippen LogP contribution is -2.36. The third-order valence-corrected chi connectivity index (χ3v) is 6.91. The fraction of sp³-hybridized carbons (Fsp3) is 0.214. The fourth-order valence-electron chi connectivity index (χ4n) is 4.85. The number of hydrogen-bond donors (Lipinski definition) is 0. The summed E-state index contributed by atoms with van der Waals surface area (Å²) in [5.41, 5.74) is 4.36. The van der Waals surface area contributed by atoms with Crippen LogP contribution in [0.4, 0.5) is 5.95 Å². The van der Waals surface area contributed by atoms with Crippen molar-refractivity contribution in [2.75, 3.05) is 31.1 Å². The van der Waals surface area contributed by atoms with Crippen LogP contribution < -0.4 is 4.90 Å². The highest BCUT2D eigenvalue weighted by molar-refractivity contribution is 6.30. The number of fused-ring (bicyclic) bond motifs is 3. The number of rotatable bonds is 3. The summed E-state index contributed by atoms with van der Waals surface area (Å²) in [4.78, 5) is 22.5. The minimum atomic E-state index is 0.0725. The van der Waals surface area contributed by atoms with Gasteiger partial charge in [0.15, 0.2) is 11.5 Å². The van der Waals surface area contributed by atoms with Gasteiger partial charge in [-0.15, -0.1) is 10.2 Å². The van der Waals surface area contributed by atoms with Gasteiger partial charge in [-0.05, 0) is 61.9 Å². The van der Waals surface area contributed by atoms with Gasteiger partial charge in [0, 0.05) is 47.7 Å². The summed E-state index contributed by atoms with van der Waals surface area (Å²) in [5.74, 6) is 1.57. The van der Waals surface area contributed by atoms with Crippen molar-refractivity contribution in [2.45, 2.75) is 13.3 Å². The molecule has 0 aliphatic carbocycles. The van der Waals surface area contributed by atoms with E-state index < -0.39 is 0 Å². The number of aryl methyl sites for hydroxylation is 1. The van der Waals surface area contributed by atoms with E-state index in [-0.39, 0.29) is 5.91 Å². The standard InChI is InChI=1S/C28H25ClN6O/c1-19-6-4-7-21(18-19)27(36)33-14-5-15-34(17-16-33)28-30-24-9-3-2-8-23(24)26-32-31-25(35(26)28)20-10-12-22(29)13-11-20/h2-4,6-13,18H,5,14-17H2,1H3. The first-order valence-electron chi connectivity index (χ1n) is 12.1. The van der Waals surface area contributed by atoms with Crippen LogP contribution in [-0.4, -0.2) is 56.6 Å². The van der Waals surface area contributed by atoms with E-state index in [0.717, 1.165) is 52.2 Å². The van der Waals surface area contributed by atoms with Crippen LogP contribution in [0.15, 0.2) is 72.8 Å². The summed E-state index contributed by atoms with van der Waals surface area (Å²) in [6, 6.07) is 23.4. The van der Waals surface area contributed by atoms with Crippen LogP contribution in [0.5, 0.6) is 0 Å². The first-order valence-corrected chi connectivity index (χ1v) is 12.5. The zero-order valence-electron chi connectivity index (χ0n) is 19.9. The van der Waals surface area contributed by atoms with Crippen molar-refractivity contribution in [3.8, 4) is 11.4 Å². The van der Waals surface area contributed by atoms with E-state index in [0.29, 0.717) is 30.5 Å². The molecule has 36 heavy (non-hydrogen) atoms. The van der Waals surface area contributed by atoms with E-state index in [9.17, 15) is 4.79 Å². The van der Waals surface area contributed by atoms with Gasteiger partial charge in [0.25, 0.3) is 5.91 Å². The third kappa shape index (κ3) is 4.05. The van der Waals surface area contributed by atoms with Crippen LogP contribution >= 0.6 is 11.6 Å². The topological polar surface area (TPSA) is 66.6 Å². The number of para-hydroxylation sites is 1. The second-order valence-electron chi connectivity index (χ2n) is 9.12. The second kappa shape index (κ2) is 9.24. The van der Waals surface area contributed by atoms with Crippen LogP contribution in [-0.2, 0) is 0 Å². The highest BCUT2D eigenvalue weighted by Crippen LogP contribution is 2.29. The Labute approximate surface area is 214 Å². The van der Waals surface area contributed by atoms with Crippen molar-refractivity contribution in [3.05, 3.63) is 88.9 Å². The molecule has 7 nitrogen and oxygen atoms in total. The summed E-state index contributed by atoms with van der Waals surface area (Å²) in [7, 11) is 0. The van der Waals surface area contributed by atoms with Gasteiger partial charge in [0.1, 0.15) is 0 Å². The molecule has 3 aromatic carbocycles. The lowest BCUT2D eigenvalue weighted by Gasteiger charge is -2.24. The first kappa shape index (κ1) is 22.5. The molecule has 1 saturated heterocycles. The molecule has 5 aromatic rings. The Hall–Kier alpha value is -3.97. The minimum Gasteiger partial charge on any atom is -0.340 e. The molecular formula is C28H25ClN6O. The van der Waals surface area contributed by atoms with Crippen molar-refractivity contribution in [1.29, 1.82) is 0 Å². The van der Waals surface area contributed by atoms with E-state index >= 15 is 0 Å². The summed E-state index contributed by atoms with van der Waals surface area (Å²) < 4.78 is 2.03. The predicted molar refractivity (Wildman–Crippen MR) is 143 cm³/mol. The number of carbonyl (C=O) groups excluding carboxylic acids is 1. The molecule has 180 valence electrons. The highest BCUT2D eigenvalue weighted by Gasteiger charge is 2.25. The number of amides is 1. The highest BCUT2D eigenvalue weighted by atomic mass is 35.5. The molecule has 8 heteroatoms. The number of benzene rings is 3. The van der Waals surface area contributed by atoms with Crippen molar-refractivity contribution in [2.24, 2.45) is 0 Å². The van der Waals surface area contributed by atoms with E-state index in [1.54, 1.807) is 0 Å². The van der Waals surface area contributed by atoms with Crippen molar-refractivity contribution in [1.82, 2.24) is 24.5 Å². The van der Waals surface area contributed by atoms with Gasteiger partial charge < -0.3 is 9.80 Å². The molecule has 0 unspecified atom stereocenters. The lowest BCUT2D eigenvalue weighted by molar-refractivity contribution is 0.0767. The summed E-state index contributed by atoms with van der Waals surface area (Å²) in [5, 5.41) is 10.7. The molecule has 6 rings (SSSR count). The molecule has 3 heterocycles. The zero-order valence-corrected chi connectivity index (χ0v) is 20.7. The molecule has 1 aliphatic heterocycles. The third-order valence-electron chi connectivity index (χ3n) is 6.66. The molecule has 0 atom stereocenters. The Balaban J connectivity index is 1.40. The van der Waals surface area contributed by atoms with Gasteiger partial charge in [-0.3, -0.25) is 4.79 Å². The number of carbonyl (C=O) groups is 1. The number of anilines is 1. The van der Waals surface area contributed by atoms with E-state index in [1.807, 2.05) is 89.0 Å². The van der Waals surface area contributed by atoms with Gasteiger partial charge in [0.05, 0.1) is 5.52 Å². The predicted octanol–water partition coefficient (Wildman–Crippen LogP) is 5.26. The number of hydrogen-bond acceptors (Lipinski definition) is 5. The maximum Gasteiger partial charge on any atom is 0.253 e. The monoisotopic (exact) mass is 496 g/mol. The van der Waals surface area contributed by atoms with Gasteiger partial charge in [-0.2, -0.15) is 0 Å². The van der Waals surface area contributed by atoms with E-state index in [4.69, 9.17) is 16.6 Å². The van der Waals surface area contributed by atoms with Gasteiger partial charge in [0.2, 0.25) is 5.95 Å². The van der Waals surface area contributed by atoms with Gasteiger partial charge in [-0.1, -0.05) is 41.4 Å². The molecule has 1 amide bonds. The van der Waals surface area contributed by atoms with E-state index in [2.05, 4.69) is 15.1 Å². The molecule has 0 bridgehead atoms. The molecule has 0 N–H and O–H groups in total. The second-order valence-corrected chi connectivity index (χ2v) is 9.56. The Kier molecular flexibility index (Phi) is 5.77. The number of halogens is 1. The van der Waals surface area contributed by atoms with Crippen LogP contribution in [0, 0.1) is 6.92 Å². The van der Waals surface area contributed by atoms with Crippen molar-refractivity contribution >= 4 is 40.0 Å². The molecule has 1 fully saturated rings. The molecule has 0 spiro atoms. The molecule has 1 aliphatic rings. The molecular weight excluding hydrogens is 472 g/mol. The van der Waals surface area contributed by atoms with E-state index in [1.165, 1.54) is 0 Å². The Bertz CT molecular complexity index is 1580. The maximum absolute atomic E-state index is 13.2. The van der Waals surface area contributed by atoms with Gasteiger partial charge in [-0.25, -0.2) is 9.38 Å². The SMILES string of the molecule is Cc1cccc(C(=O)N2CCCN(c3nc4ccccc4c4nnc(-c5ccc(Cl)cc5)n34)CC2)c1. The van der Waals surface area contributed by atoms with Crippen molar-refractivity contribution < 1.29 is 4.79 Å². The Morgan fingerprint density at radius 1 is 0.889 bits per heavy atom. The van der Waals surface area contributed by atoms with Crippen LogP contribution in [0.2, 0.25) is 5.02 Å². The average Bonchev–Trinajstić information content (AvgIpc) is 3.20. The fourth-order valence-corrected chi connectivity index (χ4v) is 4.97. The van der Waals surface area contributed by atoms with Gasteiger partial charge >= 0.3 is 0 Å². The Morgan fingerprint density at radius 2 is 1.72 bits per heavy atom. The number of nitrogens with zero attached hydrogens (tertiary/aromatic N) is 6. The largest absolute Gasteiger partial charge is 0.340 e. The van der Waals surface area contributed by atoms with Crippen LogP contribution in [0.25, 0.3) is 27.9 Å².